The van der Waals surface area contributed by atoms with Crippen molar-refractivity contribution in [3.05, 3.63) is 218 Å². The van der Waals surface area contributed by atoms with E-state index in [0.29, 0.717) is 0 Å². The third-order valence-electron chi connectivity index (χ3n) is 10.6. The highest BCUT2D eigenvalue weighted by Crippen LogP contribution is 2.45. The van der Waals surface area contributed by atoms with Crippen LogP contribution >= 0.6 is 0 Å². The third kappa shape index (κ3) is 5.53. The second kappa shape index (κ2) is 13.4. The summed E-state index contributed by atoms with van der Waals surface area (Å²) >= 11 is 0. The number of fused-ring (bicyclic) bond motifs is 4. The molecule has 1 aromatic heterocycles. The van der Waals surface area contributed by atoms with Crippen molar-refractivity contribution in [2.24, 2.45) is 0 Å². The molecule has 1 heterocycles. The number of nitrogens with zero attached hydrogens (tertiary/aromatic N) is 2. The van der Waals surface area contributed by atoms with E-state index in [1.807, 2.05) is 0 Å². The topological polar surface area (TPSA) is 8.17 Å². The summed E-state index contributed by atoms with van der Waals surface area (Å²) in [4.78, 5) is 2.44. The van der Waals surface area contributed by atoms with E-state index in [9.17, 15) is 0 Å². The molecule has 10 aromatic rings. The van der Waals surface area contributed by atoms with Gasteiger partial charge in [-0.1, -0.05) is 164 Å². The first-order valence-electron chi connectivity index (χ1n) is 18.5. The molecule has 0 saturated heterocycles. The molecule has 54 heavy (non-hydrogen) atoms. The first kappa shape index (κ1) is 31.6. The van der Waals surface area contributed by atoms with Crippen LogP contribution in [0.2, 0.25) is 0 Å². The highest BCUT2D eigenvalue weighted by atomic mass is 15.1. The average Bonchev–Trinajstić information content (AvgIpc) is 3.58. The lowest BCUT2D eigenvalue weighted by Crippen LogP contribution is -2.11. The molecule has 254 valence electrons. The van der Waals surface area contributed by atoms with Crippen molar-refractivity contribution in [3.63, 3.8) is 0 Å². The van der Waals surface area contributed by atoms with Gasteiger partial charge in [-0.05, 0) is 93.2 Å². The Morgan fingerprint density at radius 2 is 0.907 bits per heavy atom. The molecule has 2 nitrogen and oxygen atoms in total. The number of aromatic nitrogens is 1. The van der Waals surface area contributed by atoms with Crippen molar-refractivity contribution >= 4 is 49.6 Å². The zero-order chi connectivity index (χ0) is 35.8. The van der Waals surface area contributed by atoms with Crippen LogP contribution in [0.5, 0.6) is 0 Å². The van der Waals surface area contributed by atoms with Gasteiger partial charge in [0.1, 0.15) is 0 Å². The van der Waals surface area contributed by atoms with Crippen LogP contribution in [0.3, 0.4) is 0 Å². The van der Waals surface area contributed by atoms with Gasteiger partial charge in [0.2, 0.25) is 0 Å². The van der Waals surface area contributed by atoms with Crippen LogP contribution in [0.1, 0.15) is 0 Å². The summed E-state index contributed by atoms with van der Waals surface area (Å²) in [6.07, 6.45) is 0. The molecule has 10 rings (SSSR count). The molecule has 0 aliphatic carbocycles. The predicted octanol–water partition coefficient (Wildman–Crippen LogP) is 14.4. The number of para-hydroxylation sites is 3. The highest BCUT2D eigenvalue weighted by Gasteiger charge is 2.21. The third-order valence-corrected chi connectivity index (χ3v) is 10.6. The van der Waals surface area contributed by atoms with Crippen molar-refractivity contribution in [2.45, 2.75) is 0 Å². The van der Waals surface area contributed by atoms with Crippen LogP contribution in [0.25, 0.3) is 71.6 Å². The number of hydrogen-bond donors (Lipinski definition) is 0. The van der Waals surface area contributed by atoms with Crippen molar-refractivity contribution < 1.29 is 0 Å². The summed E-state index contributed by atoms with van der Waals surface area (Å²) in [5, 5.41) is 4.93. The molecule has 0 aliphatic heterocycles. The van der Waals surface area contributed by atoms with E-state index in [-0.39, 0.29) is 0 Å². The van der Waals surface area contributed by atoms with E-state index in [4.69, 9.17) is 0 Å². The van der Waals surface area contributed by atoms with E-state index in [1.165, 1.54) is 66.0 Å². The second-order valence-corrected chi connectivity index (χ2v) is 13.8. The lowest BCUT2D eigenvalue weighted by molar-refractivity contribution is 1.18. The molecular weight excluding hydrogens is 653 g/mol. The Morgan fingerprint density at radius 3 is 1.74 bits per heavy atom. The van der Waals surface area contributed by atoms with Crippen LogP contribution in [-0.2, 0) is 0 Å². The minimum absolute atomic E-state index is 1.09. The SMILES string of the molecule is c1ccc(-c2ccccc2-c2cccc(N(c3ccc4c5ccccc5n(-c5ccccc5)c4c3)c3ccccc3-c3ccc4ccccc4c3)c2)cc1. The standard InChI is InChI=1S/C52H36N2/c1-3-17-38(18-4-1)45-24-9-10-25-46(45)40-20-15-23-43(35-40)53(50-28-13-11-26-47(50)41-31-30-37-16-7-8-19-39(37)34-41)44-32-33-49-48-27-12-14-29-51(48)54(52(49)36-44)42-21-5-2-6-22-42/h1-36H. The Labute approximate surface area is 315 Å². The van der Waals surface area contributed by atoms with Gasteiger partial charge in [-0.3, -0.25) is 0 Å². The molecule has 0 fully saturated rings. The average molecular weight is 689 g/mol. The molecule has 0 bridgehead atoms. The van der Waals surface area contributed by atoms with E-state index in [2.05, 4.69) is 228 Å². The Kier molecular flexibility index (Phi) is 7.85. The van der Waals surface area contributed by atoms with Crippen LogP contribution in [-0.4, -0.2) is 4.57 Å². The first-order chi connectivity index (χ1) is 26.8. The second-order valence-electron chi connectivity index (χ2n) is 13.8. The van der Waals surface area contributed by atoms with Gasteiger partial charge < -0.3 is 9.47 Å². The lowest BCUT2D eigenvalue weighted by Gasteiger charge is -2.29. The Morgan fingerprint density at radius 1 is 0.315 bits per heavy atom. The minimum Gasteiger partial charge on any atom is -0.310 e. The van der Waals surface area contributed by atoms with Crippen molar-refractivity contribution in [2.75, 3.05) is 4.90 Å². The molecule has 0 unspecified atom stereocenters. The fourth-order valence-electron chi connectivity index (χ4n) is 8.07. The molecule has 9 aromatic carbocycles. The Hall–Kier alpha value is -7.16. The van der Waals surface area contributed by atoms with Gasteiger partial charge >= 0.3 is 0 Å². The largest absolute Gasteiger partial charge is 0.310 e. The summed E-state index contributed by atoms with van der Waals surface area (Å²) in [5.74, 6) is 0. The van der Waals surface area contributed by atoms with Crippen LogP contribution in [0.4, 0.5) is 17.1 Å². The molecule has 2 heteroatoms. The van der Waals surface area contributed by atoms with E-state index < -0.39 is 0 Å². The normalized spacial score (nSPS) is 11.3. The maximum absolute atomic E-state index is 2.44. The minimum atomic E-state index is 1.09. The maximum atomic E-state index is 2.44. The molecule has 0 amide bonds. The van der Waals surface area contributed by atoms with E-state index in [1.54, 1.807) is 0 Å². The molecule has 0 saturated carbocycles. The molecule has 0 N–H and O–H groups in total. The van der Waals surface area contributed by atoms with Crippen LogP contribution in [0, 0.1) is 0 Å². The van der Waals surface area contributed by atoms with Gasteiger partial charge in [-0.25, -0.2) is 0 Å². The number of anilines is 3. The summed E-state index contributed by atoms with van der Waals surface area (Å²) in [7, 11) is 0. The summed E-state index contributed by atoms with van der Waals surface area (Å²) in [6, 6.07) is 79.0. The zero-order valence-corrected chi connectivity index (χ0v) is 29.7. The van der Waals surface area contributed by atoms with Gasteiger partial charge in [0, 0.05) is 33.4 Å². The van der Waals surface area contributed by atoms with Crippen molar-refractivity contribution in [3.8, 4) is 39.1 Å². The van der Waals surface area contributed by atoms with Gasteiger partial charge in [-0.15, -0.1) is 0 Å². The quantitative estimate of drug-likeness (QED) is 0.162. The highest BCUT2D eigenvalue weighted by molar-refractivity contribution is 6.10. The number of hydrogen-bond acceptors (Lipinski definition) is 1. The Bertz CT molecular complexity index is 2940. The molecule has 0 spiro atoms. The molecule has 0 radical (unpaired) electrons. The van der Waals surface area contributed by atoms with E-state index in [0.717, 1.165) is 22.7 Å². The fraction of sp³-hybridized carbons (Fsp3) is 0. The maximum Gasteiger partial charge on any atom is 0.0561 e. The van der Waals surface area contributed by atoms with Gasteiger partial charge in [-0.2, -0.15) is 0 Å². The summed E-state index contributed by atoms with van der Waals surface area (Å²) in [6.45, 7) is 0. The molecular formula is C52H36N2. The first-order valence-corrected chi connectivity index (χ1v) is 18.5. The van der Waals surface area contributed by atoms with Gasteiger partial charge in [0.15, 0.2) is 0 Å². The predicted molar refractivity (Wildman–Crippen MR) is 229 cm³/mol. The van der Waals surface area contributed by atoms with Gasteiger partial charge in [0.05, 0.1) is 16.7 Å². The molecule has 0 atom stereocenters. The lowest BCUT2D eigenvalue weighted by atomic mass is 9.94. The number of rotatable bonds is 7. The Balaban J connectivity index is 1.22. The van der Waals surface area contributed by atoms with Crippen LogP contribution in [0.15, 0.2) is 218 Å². The fourth-order valence-corrected chi connectivity index (χ4v) is 8.07. The summed E-state index contributed by atoms with van der Waals surface area (Å²) < 4.78 is 2.40. The monoisotopic (exact) mass is 688 g/mol. The van der Waals surface area contributed by atoms with Crippen molar-refractivity contribution in [1.82, 2.24) is 4.57 Å². The number of benzene rings is 9. The summed E-state index contributed by atoms with van der Waals surface area (Å²) in [5.41, 5.74) is 13.9. The van der Waals surface area contributed by atoms with Crippen LogP contribution < -0.4 is 4.90 Å². The van der Waals surface area contributed by atoms with E-state index >= 15 is 0 Å². The smallest absolute Gasteiger partial charge is 0.0561 e. The molecule has 0 aliphatic rings. The van der Waals surface area contributed by atoms with Gasteiger partial charge in [0.25, 0.3) is 0 Å². The van der Waals surface area contributed by atoms with Crippen molar-refractivity contribution in [1.29, 1.82) is 0 Å². The zero-order valence-electron chi connectivity index (χ0n) is 29.7.